The summed E-state index contributed by atoms with van der Waals surface area (Å²) in [7, 11) is 0. The van der Waals surface area contributed by atoms with E-state index in [1.807, 2.05) is 13.0 Å². The maximum absolute atomic E-state index is 12.0. The molecule has 0 aromatic carbocycles. The van der Waals surface area contributed by atoms with Gasteiger partial charge in [0.05, 0.1) is 0 Å². The lowest BCUT2D eigenvalue weighted by Crippen LogP contribution is -2.24. The van der Waals surface area contributed by atoms with Crippen molar-refractivity contribution in [3.8, 4) is 11.9 Å². The summed E-state index contributed by atoms with van der Waals surface area (Å²) in [5.74, 6) is -0.199. The first-order valence-electron chi connectivity index (χ1n) is 6.88. The highest BCUT2D eigenvalue weighted by Crippen LogP contribution is 2.24. The van der Waals surface area contributed by atoms with Gasteiger partial charge in [-0.2, -0.15) is 5.26 Å². The van der Waals surface area contributed by atoms with Gasteiger partial charge in [-0.05, 0) is 25.8 Å². The monoisotopic (exact) mass is 262 g/mol. The van der Waals surface area contributed by atoms with Crippen molar-refractivity contribution in [1.82, 2.24) is 4.57 Å². The highest BCUT2D eigenvalue weighted by atomic mass is 16.3. The Morgan fingerprint density at radius 1 is 1.42 bits per heavy atom. The molecule has 0 unspecified atom stereocenters. The van der Waals surface area contributed by atoms with E-state index in [0.717, 1.165) is 19.3 Å². The molecule has 0 saturated carbocycles. The predicted molar refractivity (Wildman–Crippen MR) is 75.3 cm³/mol. The van der Waals surface area contributed by atoms with E-state index >= 15 is 0 Å². The van der Waals surface area contributed by atoms with Crippen LogP contribution in [-0.2, 0) is 0 Å². The number of unbranched alkanes of at least 4 members (excludes halogenated alkanes) is 3. The van der Waals surface area contributed by atoms with Crippen molar-refractivity contribution in [1.29, 1.82) is 5.26 Å². The lowest BCUT2D eigenvalue weighted by molar-refractivity contribution is 0.360. The fraction of sp³-hybridized carbons (Fsp3) is 0.600. The van der Waals surface area contributed by atoms with Crippen LogP contribution in [-0.4, -0.2) is 9.67 Å². The summed E-state index contributed by atoms with van der Waals surface area (Å²) in [6.07, 6.45) is 5.35. The minimum absolute atomic E-state index is 0.0861. The van der Waals surface area contributed by atoms with E-state index in [-0.39, 0.29) is 23.0 Å². The van der Waals surface area contributed by atoms with Gasteiger partial charge in [0.15, 0.2) is 0 Å². The SMILES string of the molecule is CCCCCC[C@@H](C)n1c(O)c(C#N)c(C)cc1=O. The average molecular weight is 262 g/mol. The highest BCUT2D eigenvalue weighted by molar-refractivity contribution is 5.43. The zero-order chi connectivity index (χ0) is 14.4. The third-order valence-electron chi connectivity index (χ3n) is 3.45. The Labute approximate surface area is 114 Å². The number of rotatable bonds is 6. The van der Waals surface area contributed by atoms with E-state index < -0.39 is 0 Å². The van der Waals surface area contributed by atoms with Crippen LogP contribution in [0.15, 0.2) is 10.9 Å². The smallest absolute Gasteiger partial charge is 0.253 e. The first kappa shape index (κ1) is 15.3. The van der Waals surface area contributed by atoms with Crippen molar-refractivity contribution < 1.29 is 5.11 Å². The molecule has 0 amide bonds. The molecule has 0 bridgehead atoms. The summed E-state index contributed by atoms with van der Waals surface area (Å²) in [6, 6.07) is 3.28. The summed E-state index contributed by atoms with van der Waals surface area (Å²) in [4.78, 5) is 12.0. The first-order valence-corrected chi connectivity index (χ1v) is 6.88. The van der Waals surface area contributed by atoms with Gasteiger partial charge in [0.25, 0.3) is 5.56 Å². The summed E-state index contributed by atoms with van der Waals surface area (Å²) in [5, 5.41) is 19.1. The van der Waals surface area contributed by atoms with Gasteiger partial charge in [-0.25, -0.2) is 0 Å². The second kappa shape index (κ2) is 6.98. The second-order valence-corrected chi connectivity index (χ2v) is 5.04. The Bertz CT molecular complexity index is 526. The van der Waals surface area contributed by atoms with Crippen LogP contribution in [0.4, 0.5) is 0 Å². The number of pyridine rings is 1. The Hall–Kier alpha value is -1.76. The van der Waals surface area contributed by atoms with Gasteiger partial charge in [0, 0.05) is 12.1 Å². The van der Waals surface area contributed by atoms with Crippen LogP contribution >= 0.6 is 0 Å². The Kier molecular flexibility index (Phi) is 5.62. The van der Waals surface area contributed by atoms with Crippen molar-refractivity contribution in [2.75, 3.05) is 0 Å². The number of aromatic nitrogens is 1. The molecule has 1 N–H and O–H groups in total. The number of aryl methyl sites for hydroxylation is 1. The molecule has 0 saturated heterocycles. The quantitative estimate of drug-likeness (QED) is 0.800. The van der Waals surface area contributed by atoms with Crippen LogP contribution in [0.2, 0.25) is 0 Å². The van der Waals surface area contributed by atoms with Gasteiger partial charge in [-0.15, -0.1) is 0 Å². The maximum Gasteiger partial charge on any atom is 0.253 e. The Balaban J connectivity index is 2.94. The number of hydrogen-bond acceptors (Lipinski definition) is 3. The summed E-state index contributed by atoms with van der Waals surface area (Å²) < 4.78 is 1.33. The largest absolute Gasteiger partial charge is 0.493 e. The third kappa shape index (κ3) is 3.60. The zero-order valence-electron chi connectivity index (χ0n) is 11.9. The van der Waals surface area contributed by atoms with Gasteiger partial charge in [0.1, 0.15) is 11.6 Å². The molecule has 4 nitrogen and oxygen atoms in total. The second-order valence-electron chi connectivity index (χ2n) is 5.04. The predicted octanol–water partition coefficient (Wildman–Crippen LogP) is 3.27. The van der Waals surface area contributed by atoms with Crippen molar-refractivity contribution in [2.45, 2.75) is 58.9 Å². The molecular formula is C15H22N2O2. The van der Waals surface area contributed by atoms with Crippen molar-refractivity contribution in [3.63, 3.8) is 0 Å². The fourth-order valence-electron chi connectivity index (χ4n) is 2.29. The molecule has 4 heteroatoms. The fourth-order valence-corrected chi connectivity index (χ4v) is 2.29. The molecule has 104 valence electrons. The van der Waals surface area contributed by atoms with E-state index in [9.17, 15) is 9.90 Å². The molecule has 0 fully saturated rings. The van der Waals surface area contributed by atoms with Crippen LogP contribution in [0.5, 0.6) is 5.88 Å². The maximum atomic E-state index is 12.0. The summed E-state index contributed by atoms with van der Waals surface area (Å²) in [5.41, 5.74) is 0.483. The minimum atomic E-state index is -0.239. The Morgan fingerprint density at radius 3 is 2.68 bits per heavy atom. The van der Waals surface area contributed by atoms with E-state index in [0.29, 0.717) is 5.56 Å². The standard InChI is InChI=1S/C15H22N2O2/c1-4-5-6-7-8-12(3)17-14(18)9-11(2)13(10-16)15(17)19/h9,12,19H,4-8H2,1-3H3/t12-/m1/s1. The van der Waals surface area contributed by atoms with Gasteiger partial charge in [-0.1, -0.05) is 32.6 Å². The highest BCUT2D eigenvalue weighted by Gasteiger charge is 2.16. The minimum Gasteiger partial charge on any atom is -0.493 e. The van der Waals surface area contributed by atoms with Crippen LogP contribution in [0.3, 0.4) is 0 Å². The van der Waals surface area contributed by atoms with Crippen LogP contribution in [0.25, 0.3) is 0 Å². The topological polar surface area (TPSA) is 66.0 Å². The molecule has 0 radical (unpaired) electrons. The zero-order valence-corrected chi connectivity index (χ0v) is 11.9. The lowest BCUT2D eigenvalue weighted by Gasteiger charge is -2.18. The average Bonchev–Trinajstić information content (AvgIpc) is 2.34. The number of nitriles is 1. The molecule has 0 aliphatic rings. The van der Waals surface area contributed by atoms with Gasteiger partial charge < -0.3 is 5.11 Å². The third-order valence-corrected chi connectivity index (χ3v) is 3.45. The molecule has 1 rings (SSSR count). The molecular weight excluding hydrogens is 240 g/mol. The van der Waals surface area contributed by atoms with Crippen molar-refractivity contribution in [2.24, 2.45) is 0 Å². The van der Waals surface area contributed by atoms with Crippen LogP contribution in [0, 0.1) is 18.3 Å². The van der Waals surface area contributed by atoms with Gasteiger partial charge >= 0.3 is 0 Å². The van der Waals surface area contributed by atoms with Crippen LogP contribution < -0.4 is 5.56 Å². The van der Waals surface area contributed by atoms with E-state index in [2.05, 4.69) is 6.92 Å². The molecule has 1 heterocycles. The normalized spacial score (nSPS) is 12.1. The Morgan fingerprint density at radius 2 is 2.11 bits per heavy atom. The lowest BCUT2D eigenvalue weighted by atomic mass is 10.1. The molecule has 1 aromatic rings. The van der Waals surface area contributed by atoms with E-state index in [1.165, 1.54) is 23.5 Å². The van der Waals surface area contributed by atoms with E-state index in [4.69, 9.17) is 5.26 Å². The number of nitrogens with zero attached hydrogens (tertiary/aromatic N) is 2. The molecule has 0 aliphatic carbocycles. The van der Waals surface area contributed by atoms with Crippen LogP contribution in [0.1, 0.15) is 63.1 Å². The first-order chi connectivity index (χ1) is 9.02. The molecule has 1 atom stereocenters. The number of aromatic hydroxyl groups is 1. The van der Waals surface area contributed by atoms with Crippen molar-refractivity contribution in [3.05, 3.63) is 27.5 Å². The summed E-state index contributed by atoms with van der Waals surface area (Å²) >= 11 is 0. The molecule has 0 aliphatic heterocycles. The number of hydrogen-bond donors (Lipinski definition) is 1. The van der Waals surface area contributed by atoms with E-state index in [1.54, 1.807) is 6.92 Å². The summed E-state index contributed by atoms with van der Waals surface area (Å²) in [6.45, 7) is 5.72. The van der Waals surface area contributed by atoms with Gasteiger partial charge in [-0.3, -0.25) is 9.36 Å². The van der Waals surface area contributed by atoms with Crippen molar-refractivity contribution >= 4 is 0 Å². The molecule has 19 heavy (non-hydrogen) atoms. The van der Waals surface area contributed by atoms with Gasteiger partial charge in [0.2, 0.25) is 5.88 Å². The molecule has 0 spiro atoms. The molecule has 1 aromatic heterocycles.